The highest BCUT2D eigenvalue weighted by atomic mass is 16.5. The molecule has 0 aliphatic heterocycles. The summed E-state index contributed by atoms with van der Waals surface area (Å²) in [5.41, 5.74) is 2.33. The summed E-state index contributed by atoms with van der Waals surface area (Å²) in [6, 6.07) is 11.0. The number of hydrogen-bond acceptors (Lipinski definition) is 5. The van der Waals surface area contributed by atoms with E-state index in [0.717, 1.165) is 11.1 Å². The van der Waals surface area contributed by atoms with Crippen LogP contribution in [0.5, 0.6) is 11.5 Å². The zero-order valence-corrected chi connectivity index (χ0v) is 15.7. The first-order chi connectivity index (χ1) is 13.0. The summed E-state index contributed by atoms with van der Waals surface area (Å²) in [5.74, 6) is 0.325. The second-order valence-electron chi connectivity index (χ2n) is 6.04. The van der Waals surface area contributed by atoms with Crippen molar-refractivity contribution >= 4 is 16.9 Å². The van der Waals surface area contributed by atoms with Gasteiger partial charge in [0.1, 0.15) is 5.56 Å². The lowest BCUT2D eigenvalue weighted by Gasteiger charge is -2.15. The van der Waals surface area contributed by atoms with Crippen molar-refractivity contribution in [3.05, 3.63) is 57.9 Å². The zero-order valence-electron chi connectivity index (χ0n) is 15.7. The summed E-state index contributed by atoms with van der Waals surface area (Å²) >= 11 is 0. The standard InChI is InChI=1S/C21H21NO5/c1-5-27-21(24)19-18(13-8-6-12(2)7-9-13)14-10-16(25-3)17(26-4)11-15(14)22-20(19)23/h6-11H,5H2,1-4H3,(H,22,23). The van der Waals surface area contributed by atoms with E-state index in [1.54, 1.807) is 19.1 Å². The molecular formula is C21H21NO5. The molecule has 0 amide bonds. The molecule has 0 atom stereocenters. The number of benzene rings is 2. The first kappa shape index (κ1) is 18.5. The Bertz CT molecular complexity index is 1050. The van der Waals surface area contributed by atoms with Crippen molar-refractivity contribution < 1.29 is 19.0 Å². The maximum atomic E-state index is 12.7. The summed E-state index contributed by atoms with van der Waals surface area (Å²) < 4.78 is 15.9. The van der Waals surface area contributed by atoms with E-state index in [0.29, 0.717) is 28.0 Å². The van der Waals surface area contributed by atoms with E-state index >= 15 is 0 Å². The number of aromatic amines is 1. The number of nitrogens with one attached hydrogen (secondary N) is 1. The van der Waals surface area contributed by atoms with Gasteiger partial charge in [0.2, 0.25) is 0 Å². The van der Waals surface area contributed by atoms with Gasteiger partial charge in [-0.15, -0.1) is 0 Å². The van der Waals surface area contributed by atoms with E-state index in [1.807, 2.05) is 31.2 Å². The molecule has 0 bridgehead atoms. The number of H-pyrrole nitrogens is 1. The van der Waals surface area contributed by atoms with Gasteiger partial charge >= 0.3 is 5.97 Å². The molecule has 1 N–H and O–H groups in total. The third kappa shape index (κ3) is 3.38. The van der Waals surface area contributed by atoms with Crippen LogP contribution in [0.2, 0.25) is 0 Å². The first-order valence-electron chi connectivity index (χ1n) is 8.56. The Morgan fingerprint density at radius 1 is 1.04 bits per heavy atom. The lowest BCUT2D eigenvalue weighted by Crippen LogP contribution is -2.21. The Labute approximate surface area is 156 Å². The molecule has 0 spiro atoms. The van der Waals surface area contributed by atoms with E-state index in [-0.39, 0.29) is 12.2 Å². The molecule has 0 radical (unpaired) electrons. The molecule has 140 valence electrons. The topological polar surface area (TPSA) is 77.6 Å². The van der Waals surface area contributed by atoms with Crippen molar-refractivity contribution in [3.63, 3.8) is 0 Å². The van der Waals surface area contributed by atoms with Crippen LogP contribution in [0, 0.1) is 6.92 Å². The summed E-state index contributed by atoms with van der Waals surface area (Å²) in [6.07, 6.45) is 0. The van der Waals surface area contributed by atoms with E-state index in [4.69, 9.17) is 14.2 Å². The molecule has 1 heterocycles. The molecule has 0 fully saturated rings. The zero-order chi connectivity index (χ0) is 19.6. The summed E-state index contributed by atoms with van der Waals surface area (Å²) in [4.78, 5) is 28.0. The summed E-state index contributed by atoms with van der Waals surface area (Å²) in [5, 5.41) is 0.666. The number of fused-ring (bicyclic) bond motifs is 1. The Kier molecular flexibility index (Phi) is 5.16. The van der Waals surface area contributed by atoms with Crippen LogP contribution in [0.1, 0.15) is 22.8 Å². The van der Waals surface area contributed by atoms with Crippen LogP contribution >= 0.6 is 0 Å². The van der Waals surface area contributed by atoms with E-state index in [1.165, 1.54) is 14.2 Å². The third-order valence-corrected chi connectivity index (χ3v) is 4.34. The molecule has 0 aliphatic rings. The summed E-state index contributed by atoms with van der Waals surface area (Å²) in [6.45, 7) is 3.85. The average molecular weight is 367 g/mol. The number of carbonyl (C=O) groups excluding carboxylic acids is 1. The first-order valence-corrected chi connectivity index (χ1v) is 8.56. The number of ether oxygens (including phenoxy) is 3. The number of esters is 1. The Morgan fingerprint density at radius 3 is 2.26 bits per heavy atom. The smallest absolute Gasteiger partial charge is 0.344 e. The van der Waals surface area contributed by atoms with Crippen LogP contribution in [0.25, 0.3) is 22.0 Å². The maximum Gasteiger partial charge on any atom is 0.344 e. The fraction of sp³-hybridized carbons (Fsp3) is 0.238. The van der Waals surface area contributed by atoms with Crippen LogP contribution in [0.3, 0.4) is 0 Å². The number of rotatable bonds is 5. The number of carbonyl (C=O) groups is 1. The van der Waals surface area contributed by atoms with Gasteiger partial charge in [0.05, 0.1) is 26.3 Å². The molecule has 0 saturated carbocycles. The van der Waals surface area contributed by atoms with Gasteiger partial charge in [-0.1, -0.05) is 29.8 Å². The fourth-order valence-corrected chi connectivity index (χ4v) is 3.04. The molecule has 3 rings (SSSR count). The molecule has 27 heavy (non-hydrogen) atoms. The number of hydrogen-bond donors (Lipinski definition) is 1. The quantitative estimate of drug-likeness (QED) is 0.696. The number of methoxy groups -OCH3 is 2. The van der Waals surface area contributed by atoms with E-state index < -0.39 is 11.5 Å². The number of aromatic nitrogens is 1. The normalized spacial score (nSPS) is 10.7. The minimum atomic E-state index is -0.661. The van der Waals surface area contributed by atoms with E-state index in [2.05, 4.69) is 4.98 Å². The van der Waals surface area contributed by atoms with Gasteiger partial charge in [-0.3, -0.25) is 4.79 Å². The second-order valence-corrected chi connectivity index (χ2v) is 6.04. The van der Waals surface area contributed by atoms with Crippen molar-refractivity contribution in [3.8, 4) is 22.6 Å². The van der Waals surface area contributed by atoms with Gasteiger partial charge in [0.25, 0.3) is 5.56 Å². The molecule has 1 aromatic heterocycles. The molecule has 0 aliphatic carbocycles. The van der Waals surface area contributed by atoms with Gasteiger partial charge in [-0.25, -0.2) is 4.79 Å². The molecule has 0 saturated heterocycles. The minimum Gasteiger partial charge on any atom is -0.493 e. The Hall–Kier alpha value is -3.28. The highest BCUT2D eigenvalue weighted by Gasteiger charge is 2.23. The molecule has 6 heteroatoms. The van der Waals surface area contributed by atoms with Crippen LogP contribution in [0.4, 0.5) is 0 Å². The Balaban J connectivity index is 2.44. The molecule has 0 unspecified atom stereocenters. The largest absolute Gasteiger partial charge is 0.493 e. The van der Waals surface area contributed by atoms with Crippen LogP contribution in [-0.4, -0.2) is 31.8 Å². The van der Waals surface area contributed by atoms with Gasteiger partial charge in [-0.05, 0) is 25.5 Å². The van der Waals surface area contributed by atoms with Crippen molar-refractivity contribution in [2.45, 2.75) is 13.8 Å². The lowest BCUT2D eigenvalue weighted by molar-refractivity contribution is 0.0525. The van der Waals surface area contributed by atoms with Crippen molar-refractivity contribution in [1.82, 2.24) is 4.98 Å². The highest BCUT2D eigenvalue weighted by Crippen LogP contribution is 2.37. The second kappa shape index (κ2) is 7.53. The lowest BCUT2D eigenvalue weighted by atomic mass is 9.95. The number of pyridine rings is 1. The van der Waals surface area contributed by atoms with Crippen LogP contribution < -0.4 is 15.0 Å². The monoisotopic (exact) mass is 367 g/mol. The summed E-state index contributed by atoms with van der Waals surface area (Å²) in [7, 11) is 3.06. The number of aryl methyl sites for hydroxylation is 1. The van der Waals surface area contributed by atoms with Crippen molar-refractivity contribution in [2.24, 2.45) is 0 Å². The predicted molar refractivity (Wildman–Crippen MR) is 104 cm³/mol. The predicted octanol–water partition coefficient (Wildman–Crippen LogP) is 3.70. The van der Waals surface area contributed by atoms with Crippen molar-refractivity contribution in [1.29, 1.82) is 0 Å². The molecule has 6 nitrogen and oxygen atoms in total. The van der Waals surface area contributed by atoms with Gasteiger partial charge in [-0.2, -0.15) is 0 Å². The van der Waals surface area contributed by atoms with Crippen molar-refractivity contribution in [2.75, 3.05) is 20.8 Å². The fourth-order valence-electron chi connectivity index (χ4n) is 3.04. The Morgan fingerprint density at radius 2 is 1.67 bits per heavy atom. The van der Waals surface area contributed by atoms with Gasteiger partial charge < -0.3 is 19.2 Å². The SMILES string of the molecule is CCOC(=O)c1c(-c2ccc(C)cc2)c2cc(OC)c(OC)cc2[nH]c1=O. The molecular weight excluding hydrogens is 346 g/mol. The highest BCUT2D eigenvalue weighted by molar-refractivity contribution is 6.07. The van der Waals surface area contributed by atoms with Crippen LogP contribution in [0.15, 0.2) is 41.2 Å². The maximum absolute atomic E-state index is 12.7. The van der Waals surface area contributed by atoms with Crippen LogP contribution in [-0.2, 0) is 4.74 Å². The van der Waals surface area contributed by atoms with Gasteiger partial charge in [0.15, 0.2) is 11.5 Å². The minimum absolute atomic E-state index is 0.0274. The molecule has 3 aromatic rings. The molecule has 2 aromatic carbocycles. The third-order valence-electron chi connectivity index (χ3n) is 4.34. The average Bonchev–Trinajstić information content (AvgIpc) is 2.66. The van der Waals surface area contributed by atoms with E-state index in [9.17, 15) is 9.59 Å². The van der Waals surface area contributed by atoms with Gasteiger partial charge in [0, 0.05) is 17.0 Å².